The van der Waals surface area contributed by atoms with E-state index in [0.29, 0.717) is 6.61 Å². The molecule has 0 bridgehead atoms. The van der Waals surface area contributed by atoms with Crippen LogP contribution in [0.5, 0.6) is 0 Å². The van der Waals surface area contributed by atoms with Crippen LogP contribution >= 0.6 is 0 Å². The molecule has 0 unspecified atom stereocenters. The molecular weight excluding hydrogens is 180 g/mol. The van der Waals surface area contributed by atoms with Crippen molar-refractivity contribution < 1.29 is 23.5 Å². The van der Waals surface area contributed by atoms with Gasteiger partial charge < -0.3 is 14.0 Å². The highest BCUT2D eigenvalue weighted by Gasteiger charge is 2.37. The first-order chi connectivity index (χ1) is 5.62. The van der Waals surface area contributed by atoms with E-state index in [9.17, 15) is 0 Å². The Morgan fingerprint density at radius 3 is 2.42 bits per heavy atom. The van der Waals surface area contributed by atoms with Crippen molar-refractivity contribution in [3.05, 3.63) is 0 Å². The number of hydrogen-bond acceptors (Lipinski definition) is 5. The van der Waals surface area contributed by atoms with Gasteiger partial charge in [0.2, 0.25) is 0 Å². The average molecular weight is 196 g/mol. The predicted octanol–water partition coefficient (Wildman–Crippen LogP) is 0.191. The molecule has 0 spiro atoms. The third-order valence-corrected chi connectivity index (χ3v) is 2.08. The Labute approximate surface area is 73.3 Å². The van der Waals surface area contributed by atoms with Gasteiger partial charge in [-0.1, -0.05) is 13.3 Å². The van der Waals surface area contributed by atoms with Gasteiger partial charge >= 0.3 is 9.05 Å². The van der Waals surface area contributed by atoms with Crippen molar-refractivity contribution in [3.8, 4) is 0 Å². The molecule has 0 rings (SSSR count). The van der Waals surface area contributed by atoms with Gasteiger partial charge in [-0.2, -0.15) is 4.58 Å². The average Bonchev–Trinajstić information content (AvgIpc) is 1.98. The summed E-state index contributed by atoms with van der Waals surface area (Å²) in [6.45, 7) is 4.17. The van der Waals surface area contributed by atoms with Crippen LogP contribution in [0.4, 0.5) is 0 Å². The fraction of sp³-hybridized carbons (Fsp3) is 1.00. The lowest BCUT2D eigenvalue weighted by Gasteiger charge is -2.14. The van der Waals surface area contributed by atoms with Gasteiger partial charge in [-0.05, 0) is 13.3 Å². The predicted molar refractivity (Wildman–Crippen MR) is 43.8 cm³/mol. The molecule has 0 saturated heterocycles. The van der Waals surface area contributed by atoms with E-state index in [1.807, 2.05) is 6.92 Å². The zero-order chi connectivity index (χ0) is 9.45. The van der Waals surface area contributed by atoms with Crippen molar-refractivity contribution in [1.82, 2.24) is 0 Å². The van der Waals surface area contributed by atoms with Crippen molar-refractivity contribution in [3.63, 3.8) is 0 Å². The fourth-order valence-corrected chi connectivity index (χ4v) is 1.19. The van der Waals surface area contributed by atoms with E-state index in [4.69, 9.17) is 9.59 Å². The third kappa shape index (κ3) is 6.71. The summed E-state index contributed by atoms with van der Waals surface area (Å²) in [4.78, 5) is 22.4. The van der Waals surface area contributed by atoms with Crippen LogP contribution in [-0.2, 0) is 13.9 Å². The summed E-state index contributed by atoms with van der Waals surface area (Å²) in [5, 5.41) is 0. The molecule has 12 heavy (non-hydrogen) atoms. The first kappa shape index (κ1) is 12.0. The van der Waals surface area contributed by atoms with E-state index in [1.165, 1.54) is 0 Å². The summed E-state index contributed by atoms with van der Waals surface area (Å²) < 4.78 is 8.81. The van der Waals surface area contributed by atoms with Crippen LogP contribution < -0.4 is 0 Å². The molecule has 0 aliphatic carbocycles. The third-order valence-electron chi connectivity index (χ3n) is 1.08. The number of unbranched alkanes of at least 4 members (excludes halogenated alkanes) is 1. The molecule has 0 amide bonds. The molecule has 6 heteroatoms. The Hall–Kier alpha value is 0.0169. The number of hydrogen-bond donors (Lipinski definition) is 2. The molecule has 0 heterocycles. The monoisotopic (exact) mass is 196 g/mol. The molecule has 0 aromatic carbocycles. The zero-order valence-corrected chi connectivity index (χ0v) is 8.45. The van der Waals surface area contributed by atoms with Gasteiger partial charge in [-0.15, -0.1) is 0 Å². The van der Waals surface area contributed by atoms with Gasteiger partial charge in [-0.3, -0.25) is 0 Å². The zero-order valence-electron chi connectivity index (χ0n) is 7.45. The van der Waals surface area contributed by atoms with Crippen LogP contribution in [0.15, 0.2) is 0 Å². The minimum Gasteiger partial charge on any atom is -0.366 e. The van der Waals surface area contributed by atoms with Crippen LogP contribution in [0.2, 0.25) is 0 Å². The summed E-state index contributed by atoms with van der Waals surface area (Å²) in [5.74, 6) is 0. The van der Waals surface area contributed by atoms with Crippen molar-refractivity contribution in [2.75, 3.05) is 13.2 Å². The van der Waals surface area contributed by atoms with Gasteiger partial charge in [0.25, 0.3) is 0 Å². The van der Waals surface area contributed by atoms with E-state index in [-0.39, 0.29) is 6.61 Å². The molecular formula is C6H16O5Si. The highest BCUT2D eigenvalue weighted by atomic mass is 28.4. The number of rotatable bonds is 7. The molecule has 74 valence electrons. The van der Waals surface area contributed by atoms with E-state index < -0.39 is 9.05 Å². The summed E-state index contributed by atoms with van der Waals surface area (Å²) in [6.07, 6.45) is 1.78. The highest BCUT2D eigenvalue weighted by Crippen LogP contribution is 1.99. The molecule has 0 aromatic rings. The first-order valence-electron chi connectivity index (χ1n) is 4.01. The molecule has 0 atom stereocenters. The van der Waals surface area contributed by atoms with Crippen molar-refractivity contribution >= 4 is 9.05 Å². The lowest BCUT2D eigenvalue weighted by molar-refractivity contribution is -0.266. The molecule has 0 saturated carbocycles. The van der Waals surface area contributed by atoms with Gasteiger partial charge in [0.1, 0.15) is 0 Å². The minimum absolute atomic E-state index is 0.191. The molecule has 2 N–H and O–H groups in total. The Morgan fingerprint density at radius 2 is 1.92 bits per heavy atom. The van der Waals surface area contributed by atoms with Crippen LogP contribution in [-0.4, -0.2) is 31.9 Å². The Kier molecular flexibility index (Phi) is 6.53. The van der Waals surface area contributed by atoms with Crippen molar-refractivity contribution in [1.29, 1.82) is 0 Å². The van der Waals surface area contributed by atoms with Crippen LogP contribution in [0.3, 0.4) is 0 Å². The second-order valence-corrected chi connectivity index (χ2v) is 3.79. The lowest BCUT2D eigenvalue weighted by atomic mass is 10.4. The maximum absolute atomic E-state index is 8.94. The van der Waals surface area contributed by atoms with Gasteiger partial charge in [0.05, 0.1) is 6.61 Å². The van der Waals surface area contributed by atoms with Crippen molar-refractivity contribution in [2.24, 2.45) is 0 Å². The fourth-order valence-electron chi connectivity index (χ4n) is 0.534. The largest absolute Gasteiger partial charge is 0.702 e. The van der Waals surface area contributed by atoms with Crippen molar-refractivity contribution in [2.45, 2.75) is 26.7 Å². The smallest absolute Gasteiger partial charge is 0.366 e. The van der Waals surface area contributed by atoms with Crippen LogP contribution in [0.25, 0.3) is 0 Å². The summed E-state index contributed by atoms with van der Waals surface area (Å²) >= 11 is 0. The maximum atomic E-state index is 8.94. The van der Waals surface area contributed by atoms with E-state index in [1.54, 1.807) is 6.92 Å². The Bertz CT molecular complexity index is 108. The molecule has 0 radical (unpaired) electrons. The van der Waals surface area contributed by atoms with E-state index in [2.05, 4.69) is 13.9 Å². The first-order valence-corrected chi connectivity index (χ1v) is 5.72. The molecule has 0 aliphatic heterocycles. The van der Waals surface area contributed by atoms with Crippen LogP contribution in [0.1, 0.15) is 26.7 Å². The highest BCUT2D eigenvalue weighted by molar-refractivity contribution is 6.49. The standard InChI is InChI=1S/C6H16O5Si/c1-3-5-6-9-11-12(7,8)10-4-2/h7-8H,3-6H2,1-2H3. The quantitative estimate of drug-likeness (QED) is 0.263. The molecule has 0 aromatic heterocycles. The van der Waals surface area contributed by atoms with Crippen LogP contribution in [0, 0.1) is 0 Å². The molecule has 0 fully saturated rings. The van der Waals surface area contributed by atoms with E-state index in [0.717, 1.165) is 12.8 Å². The lowest BCUT2D eigenvalue weighted by Crippen LogP contribution is -2.42. The second kappa shape index (κ2) is 6.52. The SMILES string of the molecule is CCCCOO[Si](O)(O)OCC. The van der Waals surface area contributed by atoms with Gasteiger partial charge in [-0.25, -0.2) is 4.89 Å². The second-order valence-electron chi connectivity index (χ2n) is 2.24. The Balaban J connectivity index is 3.33. The molecule has 5 nitrogen and oxygen atoms in total. The van der Waals surface area contributed by atoms with E-state index >= 15 is 0 Å². The molecule has 0 aliphatic rings. The van der Waals surface area contributed by atoms with Gasteiger partial charge in [0.15, 0.2) is 0 Å². The summed E-state index contributed by atoms with van der Waals surface area (Å²) in [7, 11) is -3.98. The normalized spacial score (nSPS) is 12.0. The minimum atomic E-state index is -3.98. The summed E-state index contributed by atoms with van der Waals surface area (Å²) in [5.41, 5.74) is 0. The topological polar surface area (TPSA) is 68.2 Å². The Morgan fingerprint density at radius 1 is 1.25 bits per heavy atom. The summed E-state index contributed by atoms with van der Waals surface area (Å²) in [6, 6.07) is 0. The van der Waals surface area contributed by atoms with Gasteiger partial charge in [0, 0.05) is 6.61 Å². The maximum Gasteiger partial charge on any atom is 0.702 e.